The Hall–Kier alpha value is -1.27. The van der Waals surface area contributed by atoms with Crippen molar-refractivity contribution in [1.82, 2.24) is 4.90 Å². The summed E-state index contributed by atoms with van der Waals surface area (Å²) in [6.07, 6.45) is -1.08. The first-order valence-electron chi connectivity index (χ1n) is 7.60. The van der Waals surface area contributed by atoms with Gasteiger partial charge in [0.1, 0.15) is 0 Å². The first-order valence-corrected chi connectivity index (χ1v) is 7.60. The van der Waals surface area contributed by atoms with E-state index in [1.807, 2.05) is 7.05 Å². The summed E-state index contributed by atoms with van der Waals surface area (Å²) in [6, 6.07) is 4.51. The summed E-state index contributed by atoms with van der Waals surface area (Å²) in [7, 11) is 1.99. The monoisotopic (exact) mass is 316 g/mol. The molecule has 3 N–H and O–H groups in total. The number of rotatable bonds is 8. The molecule has 1 aromatic rings. The molecule has 0 radical (unpaired) electrons. The fourth-order valence-corrected chi connectivity index (χ4v) is 2.57. The van der Waals surface area contributed by atoms with Crippen molar-refractivity contribution < 1.29 is 13.2 Å². The molecule has 0 heterocycles. The van der Waals surface area contributed by atoms with Crippen molar-refractivity contribution in [3.05, 3.63) is 35.1 Å². The number of likely N-dealkylation sites (N-methyl/N-ethyl adjacent to an activating group) is 1. The third kappa shape index (κ3) is 5.50. The van der Waals surface area contributed by atoms with Crippen LogP contribution < -0.4 is 5.73 Å². The number of benzene rings is 1. The number of alkyl halides is 3. The van der Waals surface area contributed by atoms with Gasteiger partial charge >= 0.3 is 6.18 Å². The van der Waals surface area contributed by atoms with Gasteiger partial charge in [0.05, 0.1) is 5.56 Å². The summed E-state index contributed by atoms with van der Waals surface area (Å²) < 4.78 is 38.5. The van der Waals surface area contributed by atoms with Crippen molar-refractivity contribution in [3.63, 3.8) is 0 Å². The minimum absolute atomic E-state index is 0.230. The molecule has 1 rings (SSSR count). The summed E-state index contributed by atoms with van der Waals surface area (Å²) >= 11 is 0. The fourth-order valence-electron chi connectivity index (χ4n) is 2.57. The maximum atomic E-state index is 12.8. The van der Waals surface area contributed by atoms with Crippen LogP contribution in [-0.2, 0) is 12.6 Å². The molecule has 22 heavy (non-hydrogen) atoms. The van der Waals surface area contributed by atoms with E-state index in [0.29, 0.717) is 31.1 Å². The predicted octanol–water partition coefficient (Wildman–Crippen LogP) is 4.37. The van der Waals surface area contributed by atoms with E-state index in [0.717, 1.165) is 25.3 Å². The first kappa shape index (κ1) is 18.8. The zero-order valence-corrected chi connectivity index (χ0v) is 13.2. The summed E-state index contributed by atoms with van der Waals surface area (Å²) in [4.78, 5) is 2.17. The normalized spacial score (nSPS) is 13.6. The van der Waals surface area contributed by atoms with E-state index < -0.39 is 11.7 Å². The van der Waals surface area contributed by atoms with Crippen molar-refractivity contribution in [2.45, 2.75) is 44.8 Å². The second-order valence-electron chi connectivity index (χ2n) is 5.60. The lowest BCUT2D eigenvalue weighted by Crippen LogP contribution is -2.33. The molecule has 6 heteroatoms. The number of halogens is 3. The van der Waals surface area contributed by atoms with Gasteiger partial charge in [0.25, 0.3) is 0 Å². The third-order valence-corrected chi connectivity index (χ3v) is 3.99. The van der Waals surface area contributed by atoms with Crippen LogP contribution in [0.15, 0.2) is 18.2 Å². The van der Waals surface area contributed by atoms with E-state index in [4.69, 9.17) is 11.5 Å². The largest absolute Gasteiger partial charge is 0.677 e. The highest BCUT2D eigenvalue weighted by atomic mass is 19.4. The fraction of sp³-hybridized carbons (Fsp3) is 0.625. The maximum Gasteiger partial charge on any atom is 0.418 e. The van der Waals surface area contributed by atoms with Crippen molar-refractivity contribution in [2.24, 2.45) is 0 Å². The zero-order chi connectivity index (χ0) is 16.8. The van der Waals surface area contributed by atoms with Gasteiger partial charge in [-0.2, -0.15) is 19.7 Å². The maximum absolute atomic E-state index is 12.8. The number of nitrogens with zero attached hydrogens (tertiary/aromatic N) is 1. The van der Waals surface area contributed by atoms with Gasteiger partial charge in [-0.15, -0.1) is 0 Å². The lowest BCUT2D eigenvalue weighted by Gasteiger charge is -2.27. The molecule has 0 aromatic heterocycles. The molecule has 1 aromatic carbocycles. The number of anilines is 1. The average Bonchev–Trinajstić information content (AvgIpc) is 2.46. The smallest absolute Gasteiger partial charge is 0.418 e. The van der Waals surface area contributed by atoms with Crippen LogP contribution in [0.1, 0.15) is 37.3 Å². The topological polar surface area (TPSA) is 53.1 Å². The van der Waals surface area contributed by atoms with E-state index in [1.54, 1.807) is 6.07 Å². The highest BCUT2D eigenvalue weighted by Crippen LogP contribution is 2.34. The van der Waals surface area contributed by atoms with Crippen LogP contribution in [0.25, 0.3) is 5.73 Å². The first-order chi connectivity index (χ1) is 10.3. The number of nitrogen functional groups attached to an aromatic ring is 1. The Morgan fingerprint density at radius 2 is 2.00 bits per heavy atom. The molecule has 1 unspecified atom stereocenters. The quantitative estimate of drug-likeness (QED) is 0.724. The summed E-state index contributed by atoms with van der Waals surface area (Å²) in [5, 5.41) is 0. The average molecular weight is 316 g/mol. The summed E-state index contributed by atoms with van der Waals surface area (Å²) in [5.41, 5.74) is 12.3. The molecule has 0 saturated carbocycles. The van der Waals surface area contributed by atoms with Crippen LogP contribution in [0, 0.1) is 0 Å². The molecule has 0 aliphatic carbocycles. The van der Waals surface area contributed by atoms with Crippen molar-refractivity contribution >= 4 is 5.69 Å². The van der Waals surface area contributed by atoms with E-state index in [1.165, 1.54) is 6.07 Å². The lowest BCUT2D eigenvalue weighted by molar-refractivity contribution is -0.136. The van der Waals surface area contributed by atoms with Crippen LogP contribution in [0.5, 0.6) is 0 Å². The zero-order valence-electron chi connectivity index (χ0n) is 13.2. The molecular formula is C16H25F3N3-. The minimum Gasteiger partial charge on any atom is -0.677 e. The van der Waals surface area contributed by atoms with Crippen LogP contribution in [0.4, 0.5) is 18.9 Å². The van der Waals surface area contributed by atoms with Crippen LogP contribution in [0.3, 0.4) is 0 Å². The number of hydrogen-bond acceptors (Lipinski definition) is 2. The molecule has 0 spiro atoms. The molecule has 3 nitrogen and oxygen atoms in total. The van der Waals surface area contributed by atoms with E-state index in [9.17, 15) is 13.2 Å². The van der Waals surface area contributed by atoms with Gasteiger partial charge in [0.2, 0.25) is 0 Å². The van der Waals surface area contributed by atoms with Gasteiger partial charge in [-0.25, -0.2) is 0 Å². The number of nitrogens with two attached hydrogens (primary N) is 1. The van der Waals surface area contributed by atoms with Gasteiger partial charge in [-0.3, -0.25) is 0 Å². The molecular weight excluding hydrogens is 291 g/mol. The van der Waals surface area contributed by atoms with Crippen molar-refractivity contribution in [3.8, 4) is 0 Å². The molecule has 0 amide bonds. The van der Waals surface area contributed by atoms with E-state index >= 15 is 0 Å². The number of hydrogen-bond donors (Lipinski definition) is 1. The Morgan fingerprint density at radius 3 is 2.55 bits per heavy atom. The van der Waals surface area contributed by atoms with Crippen LogP contribution in [-0.4, -0.2) is 31.1 Å². The second-order valence-corrected chi connectivity index (χ2v) is 5.60. The molecule has 0 fully saturated rings. The Kier molecular flexibility index (Phi) is 7.16. The molecule has 0 bridgehead atoms. The van der Waals surface area contributed by atoms with Gasteiger partial charge in [0, 0.05) is 18.3 Å². The molecule has 126 valence electrons. The van der Waals surface area contributed by atoms with Gasteiger partial charge < -0.3 is 16.4 Å². The van der Waals surface area contributed by atoms with Gasteiger partial charge in [-0.1, -0.05) is 19.4 Å². The summed E-state index contributed by atoms with van der Waals surface area (Å²) in [5.74, 6) is 0. The Balaban J connectivity index is 2.68. The van der Waals surface area contributed by atoms with Crippen molar-refractivity contribution in [1.29, 1.82) is 0 Å². The van der Waals surface area contributed by atoms with Gasteiger partial charge in [0.15, 0.2) is 0 Å². The molecule has 0 aliphatic rings. The third-order valence-electron chi connectivity index (χ3n) is 3.99. The minimum atomic E-state index is -4.41. The molecule has 1 atom stereocenters. The number of nitrogens with one attached hydrogen (secondary N) is 1. The van der Waals surface area contributed by atoms with E-state index in [2.05, 4.69) is 11.8 Å². The molecule has 0 saturated heterocycles. The van der Waals surface area contributed by atoms with Crippen LogP contribution in [0.2, 0.25) is 0 Å². The second kappa shape index (κ2) is 8.39. The highest BCUT2D eigenvalue weighted by Gasteiger charge is 2.33. The Morgan fingerprint density at radius 1 is 1.32 bits per heavy atom. The highest BCUT2D eigenvalue weighted by molar-refractivity contribution is 5.50. The standard InChI is InChI=1S/C16H25F3N3/c1-3-13(5-4-9-20)22(2)10-8-12-6-7-15(21)14(11-12)16(17,18)19/h6-7,11,13,20H,3-5,8-10,21H2,1-2H3/q-1. The van der Waals surface area contributed by atoms with Crippen LogP contribution >= 0.6 is 0 Å². The van der Waals surface area contributed by atoms with Gasteiger partial charge in [-0.05, 0) is 44.0 Å². The Labute approximate surface area is 130 Å². The Bertz CT molecular complexity index is 460. The van der Waals surface area contributed by atoms with Crippen molar-refractivity contribution in [2.75, 3.05) is 25.9 Å². The molecule has 0 aliphatic heterocycles. The summed E-state index contributed by atoms with van der Waals surface area (Å²) in [6.45, 7) is 3.20. The lowest BCUT2D eigenvalue weighted by atomic mass is 10.0. The SMILES string of the molecule is CCC(CCC[NH-])N(C)CCc1ccc(N)c(C(F)(F)F)c1. The van der Waals surface area contributed by atoms with E-state index in [-0.39, 0.29) is 5.69 Å². The predicted molar refractivity (Wildman–Crippen MR) is 84.7 cm³/mol.